The lowest BCUT2D eigenvalue weighted by Gasteiger charge is -2.20. The van der Waals surface area contributed by atoms with E-state index in [-0.39, 0.29) is 44.6 Å². The molecule has 0 aliphatic heterocycles. The predicted octanol–water partition coefficient (Wildman–Crippen LogP) is -0.593. The third-order valence-electron chi connectivity index (χ3n) is 1.88. The van der Waals surface area contributed by atoms with Crippen molar-refractivity contribution in [3.63, 3.8) is 0 Å². The molecule has 1 amide bonds. The second-order valence-corrected chi connectivity index (χ2v) is 3.09. The molecule has 0 spiro atoms. The predicted molar refractivity (Wildman–Crippen MR) is 56.8 cm³/mol. The second kappa shape index (κ2) is 9.11. The molecule has 16 heavy (non-hydrogen) atoms. The molecule has 94 valence electrons. The average Bonchev–Trinajstić information content (AvgIpc) is 2.24. The van der Waals surface area contributed by atoms with Crippen molar-refractivity contribution in [1.82, 2.24) is 4.90 Å². The van der Waals surface area contributed by atoms with E-state index < -0.39 is 0 Å². The second-order valence-electron chi connectivity index (χ2n) is 3.09. The zero-order valence-electron chi connectivity index (χ0n) is 9.77. The molecule has 0 saturated carbocycles. The summed E-state index contributed by atoms with van der Waals surface area (Å²) in [5.74, 6) is -0.600. The zero-order valence-corrected chi connectivity index (χ0v) is 9.77. The fourth-order valence-corrected chi connectivity index (χ4v) is 1.16. The first-order valence-corrected chi connectivity index (χ1v) is 5.18. The van der Waals surface area contributed by atoms with Crippen LogP contribution in [0.3, 0.4) is 0 Å². The average molecular weight is 233 g/mol. The van der Waals surface area contributed by atoms with Gasteiger partial charge < -0.3 is 19.5 Å². The van der Waals surface area contributed by atoms with E-state index in [9.17, 15) is 9.59 Å². The van der Waals surface area contributed by atoms with E-state index >= 15 is 0 Å². The summed E-state index contributed by atoms with van der Waals surface area (Å²) in [4.78, 5) is 23.9. The molecule has 0 aromatic carbocycles. The number of methoxy groups -OCH3 is 1. The van der Waals surface area contributed by atoms with Gasteiger partial charge in [-0.15, -0.1) is 0 Å². The van der Waals surface area contributed by atoms with E-state index in [2.05, 4.69) is 0 Å². The Morgan fingerprint density at radius 1 is 1.31 bits per heavy atom. The van der Waals surface area contributed by atoms with E-state index in [0.717, 1.165) is 0 Å². The van der Waals surface area contributed by atoms with Crippen molar-refractivity contribution in [3.8, 4) is 0 Å². The number of esters is 1. The maximum Gasteiger partial charge on any atom is 0.307 e. The number of carbonyl (C=O) groups is 2. The van der Waals surface area contributed by atoms with Crippen LogP contribution < -0.4 is 0 Å². The summed E-state index contributed by atoms with van der Waals surface area (Å²) in [6.45, 7) is 2.29. The van der Waals surface area contributed by atoms with Gasteiger partial charge in [-0.25, -0.2) is 0 Å². The fraction of sp³-hybridized carbons (Fsp3) is 0.800. The summed E-state index contributed by atoms with van der Waals surface area (Å²) < 4.78 is 9.44. The first-order valence-electron chi connectivity index (χ1n) is 5.18. The van der Waals surface area contributed by atoms with Gasteiger partial charge in [-0.05, 0) is 6.92 Å². The van der Waals surface area contributed by atoms with Crippen LogP contribution in [0.2, 0.25) is 0 Å². The van der Waals surface area contributed by atoms with Crippen LogP contribution in [0.5, 0.6) is 0 Å². The molecule has 6 nitrogen and oxygen atoms in total. The maximum absolute atomic E-state index is 11.4. The Balaban J connectivity index is 4.02. The monoisotopic (exact) mass is 233 g/mol. The molecular weight excluding hydrogens is 214 g/mol. The summed E-state index contributed by atoms with van der Waals surface area (Å²) >= 11 is 0. The number of hydrogen-bond acceptors (Lipinski definition) is 5. The summed E-state index contributed by atoms with van der Waals surface area (Å²) in [6, 6.07) is 0. The van der Waals surface area contributed by atoms with Crippen LogP contribution in [-0.4, -0.2) is 61.9 Å². The lowest BCUT2D eigenvalue weighted by molar-refractivity contribution is -0.144. The van der Waals surface area contributed by atoms with Crippen molar-refractivity contribution in [3.05, 3.63) is 0 Å². The molecule has 0 atom stereocenters. The summed E-state index contributed by atoms with van der Waals surface area (Å²) in [7, 11) is 1.42. The van der Waals surface area contributed by atoms with Crippen LogP contribution >= 0.6 is 0 Å². The Kier molecular flexibility index (Phi) is 8.46. The number of aliphatic hydroxyl groups excluding tert-OH is 1. The van der Waals surface area contributed by atoms with E-state index in [4.69, 9.17) is 14.6 Å². The van der Waals surface area contributed by atoms with Crippen LogP contribution in [0.1, 0.15) is 13.3 Å². The number of nitrogens with zero attached hydrogens (tertiary/aromatic N) is 1. The lowest BCUT2D eigenvalue weighted by Crippen LogP contribution is -2.37. The van der Waals surface area contributed by atoms with Crippen LogP contribution in [0, 0.1) is 0 Å². The van der Waals surface area contributed by atoms with E-state index in [1.807, 2.05) is 0 Å². The first kappa shape index (κ1) is 14.9. The van der Waals surface area contributed by atoms with Gasteiger partial charge in [-0.3, -0.25) is 9.59 Å². The molecule has 6 heteroatoms. The molecule has 0 fully saturated rings. The standard InChI is InChI=1S/C10H19NO5/c1-3-16-10(14)4-5-11(6-7-12)9(13)8-15-2/h12H,3-8H2,1-2H3. The van der Waals surface area contributed by atoms with Crippen molar-refractivity contribution < 1.29 is 24.2 Å². The number of aliphatic hydroxyl groups is 1. The summed E-state index contributed by atoms with van der Waals surface area (Å²) in [6.07, 6.45) is 0.128. The number of amides is 1. The van der Waals surface area contributed by atoms with Crippen LogP contribution in [0.15, 0.2) is 0 Å². The number of hydrogen-bond donors (Lipinski definition) is 1. The highest BCUT2D eigenvalue weighted by atomic mass is 16.5. The highest BCUT2D eigenvalue weighted by Gasteiger charge is 2.14. The molecule has 0 heterocycles. The zero-order chi connectivity index (χ0) is 12.4. The molecule has 0 aromatic heterocycles. The molecule has 0 aliphatic carbocycles. The SMILES string of the molecule is CCOC(=O)CCN(CCO)C(=O)COC. The summed E-state index contributed by atoms with van der Waals surface area (Å²) in [5, 5.41) is 8.77. The largest absolute Gasteiger partial charge is 0.466 e. The van der Waals surface area contributed by atoms with Crippen molar-refractivity contribution in [1.29, 1.82) is 0 Å². The third kappa shape index (κ3) is 6.36. The number of carbonyl (C=O) groups excluding carboxylic acids is 2. The minimum Gasteiger partial charge on any atom is -0.466 e. The van der Waals surface area contributed by atoms with E-state index in [1.54, 1.807) is 6.92 Å². The minimum absolute atomic E-state index is 0.0528. The Morgan fingerprint density at radius 2 is 2.00 bits per heavy atom. The van der Waals surface area contributed by atoms with Gasteiger partial charge in [-0.2, -0.15) is 0 Å². The number of rotatable bonds is 8. The maximum atomic E-state index is 11.4. The van der Waals surface area contributed by atoms with Crippen LogP contribution in [-0.2, 0) is 19.1 Å². The molecule has 0 rings (SSSR count). The Labute approximate surface area is 95.1 Å². The van der Waals surface area contributed by atoms with Crippen molar-refractivity contribution in [2.24, 2.45) is 0 Å². The Hall–Kier alpha value is -1.14. The van der Waals surface area contributed by atoms with Gasteiger partial charge in [0.1, 0.15) is 6.61 Å². The quantitative estimate of drug-likeness (QED) is 0.567. The van der Waals surface area contributed by atoms with Gasteiger partial charge in [0.15, 0.2) is 0 Å². The molecule has 0 aliphatic rings. The van der Waals surface area contributed by atoms with Crippen LogP contribution in [0.4, 0.5) is 0 Å². The third-order valence-corrected chi connectivity index (χ3v) is 1.88. The molecule has 0 bridgehead atoms. The Bertz CT molecular complexity index is 219. The highest BCUT2D eigenvalue weighted by molar-refractivity contribution is 5.78. The fourth-order valence-electron chi connectivity index (χ4n) is 1.16. The molecule has 0 unspecified atom stereocenters. The lowest BCUT2D eigenvalue weighted by atomic mass is 10.3. The van der Waals surface area contributed by atoms with Gasteiger partial charge in [0.25, 0.3) is 0 Å². The Morgan fingerprint density at radius 3 is 2.50 bits per heavy atom. The molecule has 0 aromatic rings. The first-order chi connectivity index (χ1) is 7.65. The van der Waals surface area contributed by atoms with Crippen LogP contribution in [0.25, 0.3) is 0 Å². The van der Waals surface area contributed by atoms with Crippen molar-refractivity contribution >= 4 is 11.9 Å². The molecule has 1 N–H and O–H groups in total. The molecular formula is C10H19NO5. The normalized spacial score (nSPS) is 9.94. The van der Waals surface area contributed by atoms with Gasteiger partial charge >= 0.3 is 5.97 Å². The molecule has 0 radical (unpaired) electrons. The highest BCUT2D eigenvalue weighted by Crippen LogP contribution is 1.95. The van der Waals surface area contributed by atoms with Crippen molar-refractivity contribution in [2.75, 3.05) is 40.0 Å². The van der Waals surface area contributed by atoms with Gasteiger partial charge in [0.05, 0.1) is 19.6 Å². The van der Waals surface area contributed by atoms with E-state index in [1.165, 1.54) is 12.0 Å². The van der Waals surface area contributed by atoms with Crippen molar-refractivity contribution in [2.45, 2.75) is 13.3 Å². The van der Waals surface area contributed by atoms with E-state index in [0.29, 0.717) is 6.61 Å². The smallest absolute Gasteiger partial charge is 0.307 e. The van der Waals surface area contributed by atoms with Gasteiger partial charge in [-0.1, -0.05) is 0 Å². The minimum atomic E-state index is -0.351. The number of ether oxygens (including phenoxy) is 2. The summed E-state index contributed by atoms with van der Waals surface area (Å²) in [5.41, 5.74) is 0. The molecule has 0 saturated heterocycles. The topological polar surface area (TPSA) is 76.1 Å². The van der Waals surface area contributed by atoms with Gasteiger partial charge in [0.2, 0.25) is 5.91 Å². The van der Waals surface area contributed by atoms with Gasteiger partial charge in [0, 0.05) is 20.2 Å².